The lowest BCUT2D eigenvalue weighted by Crippen LogP contribution is -2.81. The molecule has 184 valence electrons. The Morgan fingerprint density at radius 3 is 1.77 bits per heavy atom. The van der Waals surface area contributed by atoms with E-state index < -0.39 is 17.7 Å². The molecular formula is C29H34NO4P. The average Bonchev–Trinajstić information content (AvgIpc) is 2.92. The van der Waals surface area contributed by atoms with E-state index in [0.29, 0.717) is 43.4 Å². The SMILES string of the molecule is CPC12CCC(N)(C(OC(=O)c3ccccc3)C1OC(=O)c1ccccc1)C1C3CCC(CC3)C12. The van der Waals surface area contributed by atoms with E-state index in [0.717, 1.165) is 12.8 Å². The molecule has 2 N–H and O–H groups in total. The van der Waals surface area contributed by atoms with Gasteiger partial charge in [-0.15, -0.1) is 8.58 Å². The van der Waals surface area contributed by atoms with Crippen molar-refractivity contribution in [3.8, 4) is 0 Å². The van der Waals surface area contributed by atoms with Crippen molar-refractivity contribution in [2.75, 3.05) is 6.66 Å². The van der Waals surface area contributed by atoms with Crippen LogP contribution in [0.1, 0.15) is 59.2 Å². The number of fused-ring (bicyclic) bond motifs is 4. The highest BCUT2D eigenvalue weighted by Gasteiger charge is 2.73. The molecule has 7 unspecified atom stereocenters. The van der Waals surface area contributed by atoms with Gasteiger partial charge in [-0.2, -0.15) is 0 Å². The molecule has 5 nitrogen and oxygen atoms in total. The summed E-state index contributed by atoms with van der Waals surface area (Å²) in [4.78, 5) is 26.7. The van der Waals surface area contributed by atoms with E-state index in [1.54, 1.807) is 24.3 Å². The molecule has 6 heteroatoms. The molecule has 6 saturated carbocycles. The summed E-state index contributed by atoms with van der Waals surface area (Å²) < 4.78 is 12.7. The second-order valence-electron chi connectivity index (χ2n) is 11.0. The Morgan fingerprint density at radius 2 is 1.26 bits per heavy atom. The van der Waals surface area contributed by atoms with Gasteiger partial charge in [0.2, 0.25) is 0 Å². The highest BCUT2D eigenvalue weighted by atomic mass is 31.1. The lowest BCUT2D eigenvalue weighted by Gasteiger charge is -2.71. The zero-order valence-corrected chi connectivity index (χ0v) is 21.2. The second kappa shape index (κ2) is 8.71. The van der Waals surface area contributed by atoms with Crippen molar-refractivity contribution >= 4 is 20.5 Å². The lowest BCUT2D eigenvalue weighted by molar-refractivity contribution is -0.208. The topological polar surface area (TPSA) is 78.6 Å². The molecule has 0 spiro atoms. The second-order valence-corrected chi connectivity index (χ2v) is 12.4. The molecule has 6 aliphatic carbocycles. The maximum atomic E-state index is 13.4. The molecule has 0 saturated heterocycles. The van der Waals surface area contributed by atoms with Crippen LogP contribution in [-0.4, -0.2) is 41.5 Å². The maximum Gasteiger partial charge on any atom is 0.338 e. The molecular weight excluding hydrogens is 457 g/mol. The van der Waals surface area contributed by atoms with Crippen molar-refractivity contribution in [1.29, 1.82) is 0 Å². The summed E-state index contributed by atoms with van der Waals surface area (Å²) in [6.45, 7) is 2.24. The van der Waals surface area contributed by atoms with Gasteiger partial charge in [0, 0.05) is 5.16 Å². The first-order valence-corrected chi connectivity index (χ1v) is 14.5. The number of nitrogens with two attached hydrogens (primary N) is 1. The van der Waals surface area contributed by atoms with Crippen LogP contribution in [0.15, 0.2) is 60.7 Å². The zero-order valence-electron chi connectivity index (χ0n) is 20.2. The third-order valence-electron chi connectivity index (χ3n) is 9.67. The van der Waals surface area contributed by atoms with E-state index in [9.17, 15) is 9.59 Å². The third kappa shape index (κ3) is 3.49. The fraction of sp³-hybridized carbons (Fsp3) is 0.517. The van der Waals surface area contributed by atoms with E-state index in [4.69, 9.17) is 15.2 Å². The maximum absolute atomic E-state index is 13.4. The molecule has 0 aromatic heterocycles. The Morgan fingerprint density at radius 1 is 0.771 bits per heavy atom. The zero-order chi connectivity index (χ0) is 24.2. The van der Waals surface area contributed by atoms with Crippen LogP contribution in [0.4, 0.5) is 0 Å². The molecule has 7 atom stereocenters. The van der Waals surface area contributed by atoms with Crippen molar-refractivity contribution in [1.82, 2.24) is 0 Å². The quantitative estimate of drug-likeness (QED) is 0.468. The van der Waals surface area contributed by atoms with Crippen LogP contribution in [0.25, 0.3) is 0 Å². The number of hydrogen-bond acceptors (Lipinski definition) is 5. The summed E-state index contributed by atoms with van der Waals surface area (Å²) in [6.07, 6.45) is 5.45. The van der Waals surface area contributed by atoms with Crippen LogP contribution >= 0.6 is 8.58 Å². The van der Waals surface area contributed by atoms with Crippen LogP contribution in [0.5, 0.6) is 0 Å². The first kappa shape index (κ1) is 23.2. The van der Waals surface area contributed by atoms with Crippen molar-refractivity contribution in [2.24, 2.45) is 29.4 Å². The molecule has 2 aromatic rings. The van der Waals surface area contributed by atoms with Gasteiger partial charge in [0.1, 0.15) is 0 Å². The normalized spacial score (nSPS) is 39.4. The van der Waals surface area contributed by atoms with E-state index in [-0.39, 0.29) is 17.1 Å². The standard InChI is InChI=1S/C29H34NO4P/c1-35-29-17-16-28(30,22-18-12-14-19(15-13-18)23(22)29)24(33-26(31)20-8-4-2-5-9-20)25(29)34-27(32)21-10-6-3-7-11-21/h2-11,18-19,22-25,35H,12-17,30H2,1H3. The van der Waals surface area contributed by atoms with Crippen LogP contribution in [0.3, 0.4) is 0 Å². The monoisotopic (exact) mass is 491 g/mol. The summed E-state index contributed by atoms with van der Waals surface area (Å²) in [5.41, 5.74) is 7.70. The largest absolute Gasteiger partial charge is 0.454 e. The number of hydrogen-bond donors (Lipinski definition) is 1. The van der Waals surface area contributed by atoms with Gasteiger partial charge in [0.05, 0.1) is 16.7 Å². The number of esters is 2. The predicted octanol–water partition coefficient (Wildman–Crippen LogP) is 5.04. The minimum atomic E-state index is -0.679. The van der Waals surface area contributed by atoms with Crippen molar-refractivity contribution in [2.45, 2.75) is 61.4 Å². The molecule has 8 rings (SSSR count). The number of carbonyl (C=O) groups is 2. The van der Waals surface area contributed by atoms with Gasteiger partial charge in [-0.3, -0.25) is 0 Å². The predicted molar refractivity (Wildman–Crippen MR) is 137 cm³/mol. The first-order chi connectivity index (χ1) is 17.0. The third-order valence-corrected chi connectivity index (χ3v) is 11.5. The first-order valence-electron chi connectivity index (χ1n) is 13.0. The van der Waals surface area contributed by atoms with Crippen molar-refractivity contribution < 1.29 is 19.1 Å². The van der Waals surface area contributed by atoms with Crippen molar-refractivity contribution in [3.05, 3.63) is 71.8 Å². The number of rotatable bonds is 5. The van der Waals surface area contributed by atoms with Crippen molar-refractivity contribution in [3.63, 3.8) is 0 Å². The minimum Gasteiger partial charge on any atom is -0.454 e. The minimum absolute atomic E-state index is 0.193. The van der Waals surface area contributed by atoms with Gasteiger partial charge in [-0.1, -0.05) is 36.4 Å². The highest BCUT2D eigenvalue weighted by Crippen LogP contribution is 2.70. The van der Waals surface area contributed by atoms with Gasteiger partial charge in [-0.25, -0.2) is 9.59 Å². The molecule has 2 aromatic carbocycles. The summed E-state index contributed by atoms with van der Waals surface area (Å²) in [5.74, 6) is 1.18. The number of carbonyl (C=O) groups excluding carboxylic acids is 2. The average molecular weight is 492 g/mol. The Hall–Kier alpha value is -2.23. The molecule has 0 radical (unpaired) electrons. The lowest BCUT2D eigenvalue weighted by atomic mass is 9.41. The van der Waals surface area contributed by atoms with E-state index in [1.165, 1.54) is 25.7 Å². The van der Waals surface area contributed by atoms with E-state index >= 15 is 0 Å². The Bertz CT molecular complexity index is 1100. The Kier molecular flexibility index (Phi) is 5.77. The molecule has 35 heavy (non-hydrogen) atoms. The molecule has 6 aliphatic rings. The Balaban J connectivity index is 1.42. The summed E-state index contributed by atoms with van der Waals surface area (Å²) in [7, 11) is 0.584. The molecule has 6 fully saturated rings. The molecule has 0 amide bonds. The van der Waals surface area contributed by atoms with Gasteiger partial charge < -0.3 is 15.2 Å². The van der Waals surface area contributed by atoms with E-state index in [1.807, 2.05) is 36.4 Å². The van der Waals surface area contributed by atoms with Crippen LogP contribution in [0, 0.1) is 23.7 Å². The molecule has 0 heterocycles. The Labute approximate surface area is 208 Å². The van der Waals surface area contributed by atoms with Gasteiger partial charge in [0.15, 0.2) is 12.2 Å². The fourth-order valence-electron chi connectivity index (χ4n) is 8.22. The highest BCUT2D eigenvalue weighted by molar-refractivity contribution is 7.39. The van der Waals surface area contributed by atoms with Gasteiger partial charge >= 0.3 is 11.9 Å². The molecule has 0 aliphatic heterocycles. The summed E-state index contributed by atoms with van der Waals surface area (Å²) in [5, 5.41) is -0.193. The summed E-state index contributed by atoms with van der Waals surface area (Å²) >= 11 is 0. The van der Waals surface area contributed by atoms with E-state index in [2.05, 4.69) is 6.66 Å². The fourth-order valence-corrected chi connectivity index (χ4v) is 9.84. The van der Waals surface area contributed by atoms with Gasteiger partial charge in [-0.05, 0) is 93.1 Å². The van der Waals surface area contributed by atoms with Crippen LogP contribution < -0.4 is 5.73 Å². The smallest absolute Gasteiger partial charge is 0.338 e. The van der Waals surface area contributed by atoms with Gasteiger partial charge in [0.25, 0.3) is 0 Å². The summed E-state index contributed by atoms with van der Waals surface area (Å²) in [6, 6.07) is 18.2. The number of benzene rings is 2. The van der Waals surface area contributed by atoms with Crippen LogP contribution in [0.2, 0.25) is 0 Å². The molecule has 4 bridgehead atoms. The van der Waals surface area contributed by atoms with Crippen LogP contribution in [-0.2, 0) is 9.47 Å². The number of ether oxygens (including phenoxy) is 2.